The topological polar surface area (TPSA) is 176 Å². The van der Waals surface area contributed by atoms with Crippen molar-refractivity contribution in [3.8, 4) is 0 Å². The number of rotatable bonds is 12. The first-order valence-electron chi connectivity index (χ1n) is 21.3. The normalized spacial score (nSPS) is 30.4. The van der Waals surface area contributed by atoms with Crippen molar-refractivity contribution in [2.45, 2.75) is 171 Å². The van der Waals surface area contributed by atoms with Crippen LogP contribution in [0.3, 0.4) is 0 Å². The molecule has 0 aromatic rings. The first-order chi connectivity index (χ1) is 27.0. The summed E-state index contributed by atoms with van der Waals surface area (Å²) in [6.45, 7) is 29.6. The van der Waals surface area contributed by atoms with Gasteiger partial charge >= 0.3 is 30.1 Å². The summed E-state index contributed by atoms with van der Waals surface area (Å²) in [5.74, 6) is -1.48. The van der Waals surface area contributed by atoms with E-state index in [1.54, 1.807) is 41.5 Å². The maximum absolute atomic E-state index is 13.5. The average molecular weight is 829 g/mol. The summed E-state index contributed by atoms with van der Waals surface area (Å²) in [5.41, 5.74) is 0.189. The standard InChI is InChI=1S/C46H72N2O11/c1-25(2)26(3)16-17-27(4)30-19-20-31-29-18-21-33-44(12,13)38(57-35(51)24-48-41(54)59-43(9,10)11)32(56-34(50)23-47-40(53)58-42(6,7)8)22-45(33,14)36(29)37(52)39(46(30,31)15)55-28(5)49/h20,25,27,30,32-33,37-39,52H,3,16-19,21-24H2,1-2,4-15H3,(H,47,53)(H,48,54)/t27-,30-,32-,33?,37-,38+,39+,45?,46?/m1/s1. The minimum Gasteiger partial charge on any atom is -0.458 e. The zero-order valence-electron chi connectivity index (χ0n) is 38.1. The fourth-order valence-electron chi connectivity index (χ4n) is 10.7. The van der Waals surface area contributed by atoms with E-state index in [2.05, 4.69) is 57.9 Å². The van der Waals surface area contributed by atoms with Crippen LogP contribution >= 0.6 is 0 Å². The zero-order chi connectivity index (χ0) is 44.6. The van der Waals surface area contributed by atoms with E-state index >= 15 is 0 Å². The predicted molar refractivity (Wildman–Crippen MR) is 223 cm³/mol. The Balaban J connectivity index is 1.73. The molecule has 1 fully saturated rings. The molecule has 0 heterocycles. The van der Waals surface area contributed by atoms with Gasteiger partial charge in [-0.05, 0) is 126 Å². The number of carbonyl (C=O) groups excluding carboxylic acids is 5. The predicted octanol–water partition coefficient (Wildman–Crippen LogP) is 7.89. The van der Waals surface area contributed by atoms with Crippen LogP contribution in [0.4, 0.5) is 9.59 Å². The second kappa shape index (κ2) is 17.6. The first kappa shape index (κ1) is 47.8. The van der Waals surface area contributed by atoms with E-state index in [0.29, 0.717) is 18.8 Å². The van der Waals surface area contributed by atoms with Crippen molar-refractivity contribution in [2.75, 3.05) is 13.1 Å². The molecule has 13 nitrogen and oxygen atoms in total. The Bertz CT molecular complexity index is 1710. The van der Waals surface area contributed by atoms with Crippen LogP contribution in [0, 0.1) is 39.9 Å². The molecule has 9 atom stereocenters. The molecule has 0 bridgehead atoms. The maximum atomic E-state index is 13.5. The van der Waals surface area contributed by atoms with Crippen molar-refractivity contribution in [1.82, 2.24) is 10.6 Å². The molecule has 2 amide bonds. The van der Waals surface area contributed by atoms with Gasteiger partial charge in [-0.25, -0.2) is 9.59 Å². The highest BCUT2D eigenvalue weighted by Crippen LogP contribution is 2.67. The molecule has 4 aliphatic carbocycles. The maximum Gasteiger partial charge on any atom is 0.408 e. The Hall–Kier alpha value is -3.87. The Kier molecular flexibility index (Phi) is 14.3. The van der Waals surface area contributed by atoms with Crippen molar-refractivity contribution < 1.29 is 52.8 Å². The molecule has 0 aromatic carbocycles. The van der Waals surface area contributed by atoms with E-state index < -0.39 is 95.0 Å². The van der Waals surface area contributed by atoms with Crippen molar-refractivity contribution in [2.24, 2.45) is 39.9 Å². The number of hydrogen-bond donors (Lipinski definition) is 3. The van der Waals surface area contributed by atoms with Crippen LogP contribution < -0.4 is 10.6 Å². The van der Waals surface area contributed by atoms with E-state index in [0.717, 1.165) is 36.0 Å². The number of nitrogens with one attached hydrogen (secondary N) is 2. The number of ether oxygens (including phenoxy) is 5. The van der Waals surface area contributed by atoms with Crippen molar-refractivity contribution in [1.29, 1.82) is 0 Å². The van der Waals surface area contributed by atoms with Crippen LogP contribution in [0.25, 0.3) is 0 Å². The number of alkyl carbamates (subject to hydrolysis) is 2. The summed E-state index contributed by atoms with van der Waals surface area (Å²) in [7, 11) is 0. The summed E-state index contributed by atoms with van der Waals surface area (Å²) in [4.78, 5) is 64.8. The number of aliphatic hydroxyl groups is 1. The summed E-state index contributed by atoms with van der Waals surface area (Å²) in [5, 5.41) is 17.6. The number of hydrogen-bond acceptors (Lipinski definition) is 11. The van der Waals surface area contributed by atoms with Gasteiger partial charge < -0.3 is 39.4 Å². The van der Waals surface area contributed by atoms with E-state index in [-0.39, 0.29) is 24.2 Å². The van der Waals surface area contributed by atoms with Gasteiger partial charge in [0.1, 0.15) is 48.7 Å². The molecular formula is C46H72N2O11. The molecule has 0 spiro atoms. The van der Waals surface area contributed by atoms with Gasteiger partial charge in [0.25, 0.3) is 0 Å². The molecule has 0 radical (unpaired) electrons. The molecule has 13 heteroatoms. The third kappa shape index (κ3) is 10.5. The highest BCUT2D eigenvalue weighted by molar-refractivity contribution is 5.79. The van der Waals surface area contributed by atoms with Gasteiger partial charge in [0.05, 0.1) is 0 Å². The zero-order valence-corrected chi connectivity index (χ0v) is 38.1. The van der Waals surface area contributed by atoms with Crippen LogP contribution in [0.15, 0.2) is 34.9 Å². The van der Waals surface area contributed by atoms with E-state index in [1.807, 2.05) is 13.8 Å². The lowest BCUT2D eigenvalue weighted by Crippen LogP contribution is -2.64. The minimum atomic E-state index is -1.17. The van der Waals surface area contributed by atoms with Crippen LogP contribution in [0.1, 0.15) is 135 Å². The van der Waals surface area contributed by atoms with Crippen LogP contribution in [-0.2, 0) is 38.1 Å². The van der Waals surface area contributed by atoms with Crippen molar-refractivity contribution >= 4 is 30.1 Å². The number of aliphatic hydroxyl groups excluding tert-OH is 1. The Morgan fingerprint density at radius 3 is 1.92 bits per heavy atom. The number of amides is 2. The molecule has 1 saturated carbocycles. The van der Waals surface area contributed by atoms with Crippen molar-refractivity contribution in [3.63, 3.8) is 0 Å². The first-order valence-corrected chi connectivity index (χ1v) is 21.3. The molecule has 4 rings (SSSR count). The fraction of sp³-hybridized carbons (Fsp3) is 0.761. The molecule has 3 N–H and O–H groups in total. The highest BCUT2D eigenvalue weighted by atomic mass is 16.6. The van der Waals surface area contributed by atoms with Gasteiger partial charge in [-0.3, -0.25) is 14.4 Å². The fourth-order valence-corrected chi connectivity index (χ4v) is 10.7. The highest BCUT2D eigenvalue weighted by Gasteiger charge is 2.66. The van der Waals surface area contributed by atoms with Gasteiger partial charge in [0, 0.05) is 17.8 Å². The van der Waals surface area contributed by atoms with E-state index in [4.69, 9.17) is 23.7 Å². The molecule has 332 valence electrons. The summed E-state index contributed by atoms with van der Waals surface area (Å²) in [6, 6.07) is 0. The largest absolute Gasteiger partial charge is 0.458 e. The lowest BCUT2D eigenvalue weighted by molar-refractivity contribution is -0.208. The number of carbonyl (C=O) groups is 5. The van der Waals surface area contributed by atoms with Gasteiger partial charge in [-0.1, -0.05) is 66.7 Å². The van der Waals surface area contributed by atoms with Gasteiger partial charge in [0.15, 0.2) is 0 Å². The van der Waals surface area contributed by atoms with E-state index in [1.165, 1.54) is 12.5 Å². The Morgan fingerprint density at radius 1 is 0.864 bits per heavy atom. The summed E-state index contributed by atoms with van der Waals surface area (Å²) < 4.78 is 29.1. The van der Waals surface area contributed by atoms with Crippen LogP contribution in [0.2, 0.25) is 0 Å². The van der Waals surface area contributed by atoms with Gasteiger partial charge in [0.2, 0.25) is 0 Å². The number of allylic oxidation sites excluding steroid dienone is 3. The summed E-state index contributed by atoms with van der Waals surface area (Å²) >= 11 is 0. The lowest BCUT2D eigenvalue weighted by atomic mass is 9.45. The Labute approximate surface area is 351 Å². The monoisotopic (exact) mass is 829 g/mol. The molecule has 0 aromatic heterocycles. The third-order valence-electron chi connectivity index (χ3n) is 13.2. The molecule has 4 aliphatic rings. The smallest absolute Gasteiger partial charge is 0.408 e. The van der Waals surface area contributed by atoms with E-state index in [9.17, 15) is 29.1 Å². The molecule has 59 heavy (non-hydrogen) atoms. The number of fused-ring (bicyclic) bond motifs is 4. The summed E-state index contributed by atoms with van der Waals surface area (Å²) in [6.07, 6.45) is 0.692. The third-order valence-corrected chi connectivity index (χ3v) is 13.2. The second-order valence-electron chi connectivity index (χ2n) is 20.6. The van der Waals surface area contributed by atoms with Crippen LogP contribution in [-0.4, -0.2) is 83.9 Å². The number of esters is 3. The SMILES string of the molecule is C=C(CC[C@@H](C)[C@H]1CC=C2C3=C([C@@H](O)[C@H](OC(C)=O)C21C)C1(C)C[C@@H](OC(=O)CNC(=O)OC(C)(C)C)[C@H](OC(=O)CNC(=O)OC(C)(C)C)C(C)(C)C1CC3)C(C)C. The van der Waals surface area contributed by atoms with Gasteiger partial charge in [-0.2, -0.15) is 0 Å². The molecule has 0 saturated heterocycles. The van der Waals surface area contributed by atoms with Crippen molar-refractivity contribution in [3.05, 3.63) is 34.9 Å². The quantitative estimate of drug-likeness (QED) is 0.0991. The molecule has 0 aliphatic heterocycles. The van der Waals surface area contributed by atoms with Crippen LogP contribution in [0.5, 0.6) is 0 Å². The lowest BCUT2D eigenvalue weighted by Gasteiger charge is -2.62. The molecular weight excluding hydrogens is 757 g/mol. The average Bonchev–Trinajstić information content (AvgIpc) is 3.44. The second-order valence-corrected chi connectivity index (χ2v) is 20.6. The van der Waals surface area contributed by atoms with Gasteiger partial charge in [-0.15, -0.1) is 0 Å². The minimum absolute atomic E-state index is 0.100. The molecule has 3 unspecified atom stereocenters. The Morgan fingerprint density at radius 2 is 1.41 bits per heavy atom.